The number of amides is 1. The maximum Gasteiger partial charge on any atom is 0.284 e. The molecule has 0 radical (unpaired) electrons. The Balaban J connectivity index is 1.63. The summed E-state index contributed by atoms with van der Waals surface area (Å²) >= 11 is 0. The Kier molecular flexibility index (Phi) is 6.12. The van der Waals surface area contributed by atoms with E-state index in [1.165, 1.54) is 16.4 Å². The number of hydrogen-bond acceptors (Lipinski definition) is 3. The van der Waals surface area contributed by atoms with Crippen molar-refractivity contribution in [2.24, 2.45) is 0 Å². The first kappa shape index (κ1) is 20.4. The third-order valence-electron chi connectivity index (χ3n) is 5.27. The Morgan fingerprint density at radius 2 is 1.64 bits per heavy atom. The molecule has 2 aromatic carbocycles. The van der Waals surface area contributed by atoms with Crippen LogP contribution < -0.4 is 9.80 Å². The monoisotopic (exact) mass is 406 g/mol. The van der Waals surface area contributed by atoms with Gasteiger partial charge in [0.15, 0.2) is 6.04 Å². The van der Waals surface area contributed by atoms with Crippen molar-refractivity contribution in [1.29, 1.82) is 0 Å². The summed E-state index contributed by atoms with van der Waals surface area (Å²) in [6.45, 7) is 3.59. The molecule has 0 spiro atoms. The number of halogens is 1. The predicted octanol–water partition coefficient (Wildman–Crippen LogP) is 0.766. The van der Waals surface area contributed by atoms with Crippen molar-refractivity contribution in [3.63, 3.8) is 0 Å². The number of anilines is 1. The molecule has 1 fully saturated rings. The molecule has 0 aliphatic carbocycles. The van der Waals surface area contributed by atoms with E-state index in [1.54, 1.807) is 11.9 Å². The highest BCUT2D eigenvalue weighted by Crippen LogP contribution is 2.16. The minimum absolute atomic E-state index is 0.00367. The lowest BCUT2D eigenvalue weighted by atomic mass is 10.2. The Morgan fingerprint density at radius 3 is 2.21 bits per heavy atom. The highest BCUT2D eigenvalue weighted by Gasteiger charge is 2.35. The lowest BCUT2D eigenvalue weighted by molar-refractivity contribution is -0.917. The predicted molar refractivity (Wildman–Crippen MR) is 105 cm³/mol. The summed E-state index contributed by atoms with van der Waals surface area (Å²) in [5.41, 5.74) is 0.830. The minimum atomic E-state index is -3.65. The zero-order valence-electron chi connectivity index (χ0n) is 16.0. The molecule has 1 saturated heterocycles. The number of carbonyl (C=O) groups is 1. The quantitative estimate of drug-likeness (QED) is 0.798. The Morgan fingerprint density at radius 1 is 1.07 bits per heavy atom. The van der Waals surface area contributed by atoms with Crippen molar-refractivity contribution < 1.29 is 22.5 Å². The molecule has 1 aliphatic heterocycles. The van der Waals surface area contributed by atoms with Gasteiger partial charge in [0.05, 0.1) is 31.1 Å². The number of likely N-dealkylation sites (N-methyl/N-ethyl adjacent to an activating group) is 1. The van der Waals surface area contributed by atoms with E-state index in [0.29, 0.717) is 26.2 Å². The normalized spacial score (nSPS) is 17.2. The van der Waals surface area contributed by atoms with Gasteiger partial charge in [-0.05, 0) is 43.3 Å². The van der Waals surface area contributed by atoms with Gasteiger partial charge >= 0.3 is 0 Å². The van der Waals surface area contributed by atoms with Crippen molar-refractivity contribution in [2.45, 2.75) is 17.9 Å². The van der Waals surface area contributed by atoms with Gasteiger partial charge in [-0.1, -0.05) is 18.2 Å². The summed E-state index contributed by atoms with van der Waals surface area (Å²) in [4.78, 5) is 15.6. The van der Waals surface area contributed by atoms with Crippen LogP contribution in [0.25, 0.3) is 0 Å². The van der Waals surface area contributed by atoms with Crippen LogP contribution in [0.1, 0.15) is 6.92 Å². The van der Waals surface area contributed by atoms with Gasteiger partial charge in [0.2, 0.25) is 10.0 Å². The summed E-state index contributed by atoms with van der Waals surface area (Å²) in [6, 6.07) is 14.0. The molecule has 28 heavy (non-hydrogen) atoms. The van der Waals surface area contributed by atoms with Crippen LogP contribution in [0.5, 0.6) is 0 Å². The molecule has 3 rings (SSSR count). The van der Waals surface area contributed by atoms with Gasteiger partial charge in [-0.15, -0.1) is 0 Å². The maximum absolute atomic E-state index is 13.1. The van der Waals surface area contributed by atoms with Crippen LogP contribution in [0.2, 0.25) is 0 Å². The van der Waals surface area contributed by atoms with Gasteiger partial charge in [0.1, 0.15) is 5.82 Å². The van der Waals surface area contributed by atoms with Gasteiger partial charge in [-0.2, -0.15) is 4.31 Å². The van der Waals surface area contributed by atoms with Crippen molar-refractivity contribution in [3.05, 3.63) is 60.4 Å². The molecule has 6 nitrogen and oxygen atoms in total. The Bertz CT molecular complexity index is 911. The maximum atomic E-state index is 13.1. The van der Waals surface area contributed by atoms with E-state index in [9.17, 15) is 17.6 Å². The highest BCUT2D eigenvalue weighted by atomic mass is 32.2. The number of benzene rings is 2. The first-order valence-corrected chi connectivity index (χ1v) is 10.7. The molecule has 1 aliphatic rings. The van der Waals surface area contributed by atoms with E-state index in [0.717, 1.165) is 22.7 Å². The van der Waals surface area contributed by atoms with E-state index in [4.69, 9.17) is 0 Å². The number of rotatable bonds is 5. The average Bonchev–Trinajstić information content (AvgIpc) is 2.73. The molecular weight excluding hydrogens is 381 g/mol. The van der Waals surface area contributed by atoms with Crippen LogP contribution in [0.15, 0.2) is 59.5 Å². The summed E-state index contributed by atoms with van der Waals surface area (Å²) < 4.78 is 39.9. The number of carbonyl (C=O) groups excluding carboxylic acids is 1. The van der Waals surface area contributed by atoms with Crippen molar-refractivity contribution in [2.75, 3.05) is 38.1 Å². The average molecular weight is 407 g/mol. The van der Waals surface area contributed by atoms with Crippen LogP contribution in [0.3, 0.4) is 0 Å². The smallest absolute Gasteiger partial charge is 0.284 e. The van der Waals surface area contributed by atoms with E-state index in [-0.39, 0.29) is 16.8 Å². The molecule has 1 atom stereocenters. The van der Waals surface area contributed by atoms with E-state index in [2.05, 4.69) is 0 Å². The largest absolute Gasteiger partial charge is 0.323 e. The van der Waals surface area contributed by atoms with Gasteiger partial charge in [-0.25, -0.2) is 12.8 Å². The number of hydrogen-bond donors (Lipinski definition) is 1. The summed E-state index contributed by atoms with van der Waals surface area (Å²) in [5.74, 6) is -0.473. The molecule has 8 heteroatoms. The Hall–Kier alpha value is -2.29. The molecule has 1 amide bonds. The highest BCUT2D eigenvalue weighted by molar-refractivity contribution is 7.89. The van der Waals surface area contributed by atoms with Crippen molar-refractivity contribution in [3.8, 4) is 0 Å². The van der Waals surface area contributed by atoms with Gasteiger partial charge in [-0.3, -0.25) is 4.79 Å². The first-order valence-electron chi connectivity index (χ1n) is 9.23. The van der Waals surface area contributed by atoms with E-state index < -0.39 is 15.8 Å². The third kappa shape index (κ3) is 4.24. The van der Waals surface area contributed by atoms with Crippen LogP contribution in [0, 0.1) is 5.82 Å². The molecule has 0 bridgehead atoms. The fourth-order valence-electron chi connectivity index (χ4n) is 3.45. The van der Waals surface area contributed by atoms with E-state index in [1.807, 2.05) is 37.3 Å². The van der Waals surface area contributed by atoms with Gasteiger partial charge < -0.3 is 9.80 Å². The third-order valence-corrected chi connectivity index (χ3v) is 7.19. The summed E-state index contributed by atoms with van der Waals surface area (Å²) in [7, 11) is -1.90. The van der Waals surface area contributed by atoms with Crippen LogP contribution in [-0.2, 0) is 14.8 Å². The van der Waals surface area contributed by atoms with Crippen molar-refractivity contribution >= 4 is 21.6 Å². The van der Waals surface area contributed by atoms with Crippen molar-refractivity contribution in [1.82, 2.24) is 4.31 Å². The topological polar surface area (TPSA) is 62.1 Å². The number of piperazine rings is 1. The standard InChI is InChI=1S/C20H24FN3O3S/c1-16(20(25)22(2)18-6-4-3-5-7-18)23-12-14-24(15-13-23)28(26,27)19-10-8-17(21)9-11-19/h3-11,16H,12-15H2,1-2H3/p+1/t16-/m0/s1. The van der Waals surface area contributed by atoms with Gasteiger partial charge in [0.25, 0.3) is 5.91 Å². The zero-order valence-corrected chi connectivity index (χ0v) is 16.8. The molecule has 0 unspecified atom stereocenters. The zero-order chi connectivity index (χ0) is 20.3. The number of quaternary nitrogens is 1. The first-order chi connectivity index (χ1) is 13.3. The lowest BCUT2D eigenvalue weighted by Crippen LogP contribution is -3.19. The summed E-state index contributed by atoms with van der Waals surface area (Å²) in [5, 5.41) is 0. The second-order valence-electron chi connectivity index (χ2n) is 6.97. The number of nitrogens with zero attached hydrogens (tertiary/aromatic N) is 2. The molecule has 0 aromatic heterocycles. The summed E-state index contributed by atoms with van der Waals surface area (Å²) in [6.07, 6.45) is 0. The Labute approximate surface area is 165 Å². The molecule has 1 heterocycles. The molecule has 150 valence electrons. The number of nitrogens with one attached hydrogen (secondary N) is 1. The fraction of sp³-hybridized carbons (Fsp3) is 0.350. The SMILES string of the molecule is C[C@@H](C(=O)N(C)c1ccccc1)[NH+]1CCN(S(=O)(=O)c2ccc(F)cc2)CC1. The lowest BCUT2D eigenvalue weighted by Gasteiger charge is -2.35. The van der Waals surface area contributed by atoms with Crippen LogP contribution in [0.4, 0.5) is 10.1 Å². The molecule has 2 aromatic rings. The second-order valence-corrected chi connectivity index (χ2v) is 8.91. The molecule has 0 saturated carbocycles. The fourth-order valence-corrected chi connectivity index (χ4v) is 4.89. The van der Waals surface area contributed by atoms with Gasteiger partial charge in [0, 0.05) is 12.7 Å². The second kappa shape index (κ2) is 8.38. The minimum Gasteiger partial charge on any atom is -0.323 e. The van der Waals surface area contributed by atoms with E-state index >= 15 is 0 Å². The molecule has 1 N–H and O–H groups in total. The number of sulfonamides is 1. The number of para-hydroxylation sites is 1. The van der Waals surface area contributed by atoms with Crippen LogP contribution in [-0.4, -0.2) is 57.9 Å². The van der Waals surface area contributed by atoms with Crippen LogP contribution >= 0.6 is 0 Å². The molecular formula is C20H25FN3O3S+.